The molecule has 0 N–H and O–H groups in total. The van der Waals surface area contributed by atoms with Gasteiger partial charge in [-0.05, 0) is 56.2 Å². The molecule has 7 rings (SSSR count). The van der Waals surface area contributed by atoms with Gasteiger partial charge in [-0.2, -0.15) is 0 Å². The van der Waals surface area contributed by atoms with Gasteiger partial charge in [0, 0.05) is 54.1 Å². The van der Waals surface area contributed by atoms with Crippen LogP contribution in [0.1, 0.15) is 34.5 Å². The molecule has 6 heteroatoms. The summed E-state index contributed by atoms with van der Waals surface area (Å²) in [5.41, 5.74) is 6.12. The van der Waals surface area contributed by atoms with E-state index in [0.29, 0.717) is 6.04 Å². The third kappa shape index (κ3) is 3.79. The maximum atomic E-state index is 13.3. The molecule has 2 bridgehead atoms. The normalized spacial score (nSPS) is 20.2. The lowest BCUT2D eigenvalue weighted by Crippen LogP contribution is -2.63. The fourth-order valence-corrected chi connectivity index (χ4v) is 5.66. The highest BCUT2D eigenvalue weighted by molar-refractivity contribution is 6.30. The van der Waals surface area contributed by atoms with Crippen molar-refractivity contribution in [2.75, 3.05) is 13.1 Å². The Bertz CT molecular complexity index is 1360. The number of aryl methyl sites for hydroxylation is 1. The van der Waals surface area contributed by atoms with Gasteiger partial charge in [0.15, 0.2) is 0 Å². The highest BCUT2D eigenvalue weighted by Crippen LogP contribution is 2.33. The predicted octanol–water partition coefficient (Wildman–Crippen LogP) is 5.45. The quantitative estimate of drug-likeness (QED) is 0.398. The number of benzene rings is 2. The van der Waals surface area contributed by atoms with Crippen molar-refractivity contribution in [1.29, 1.82) is 0 Å². The summed E-state index contributed by atoms with van der Waals surface area (Å²) in [5, 5.41) is 0.723. The second-order valence-corrected chi connectivity index (χ2v) is 9.92. The first-order chi connectivity index (χ1) is 16.6. The lowest BCUT2D eigenvalue weighted by atomic mass is 9.89. The molecule has 0 spiro atoms. The summed E-state index contributed by atoms with van der Waals surface area (Å²) in [5.74, 6) is 0.162. The van der Waals surface area contributed by atoms with Crippen LogP contribution in [0.2, 0.25) is 5.02 Å². The van der Waals surface area contributed by atoms with E-state index in [0.717, 1.165) is 65.5 Å². The number of carbonyl (C=O) groups excluding carboxylic acids is 1. The van der Waals surface area contributed by atoms with Crippen molar-refractivity contribution in [2.45, 2.75) is 38.4 Å². The van der Waals surface area contributed by atoms with Crippen molar-refractivity contribution in [3.63, 3.8) is 0 Å². The number of rotatable bonds is 4. The predicted molar refractivity (Wildman–Crippen MR) is 135 cm³/mol. The van der Waals surface area contributed by atoms with Crippen LogP contribution in [0.25, 0.3) is 16.9 Å². The van der Waals surface area contributed by atoms with Crippen LogP contribution >= 0.6 is 11.6 Å². The van der Waals surface area contributed by atoms with Crippen LogP contribution in [-0.2, 0) is 6.54 Å². The number of amides is 1. The van der Waals surface area contributed by atoms with Crippen molar-refractivity contribution in [3.05, 3.63) is 94.8 Å². The van der Waals surface area contributed by atoms with E-state index >= 15 is 0 Å². The topological polar surface area (TPSA) is 40.9 Å². The standard InChI is InChI=1S/C28H27ClN4O/c1-19-5-4-6-21(15-19)28(34)33-17-23-12-13-24(33)16-31(23)18-25-27(20-8-10-22(29)11-9-20)30-26-7-2-3-14-32(25)26/h2-11,14-15,23-24H,12-13,16-18H2,1H3. The van der Waals surface area contributed by atoms with E-state index in [2.05, 4.69) is 26.5 Å². The zero-order valence-corrected chi connectivity index (χ0v) is 19.9. The Morgan fingerprint density at radius 2 is 1.82 bits per heavy atom. The van der Waals surface area contributed by atoms with Crippen LogP contribution in [0.15, 0.2) is 72.9 Å². The van der Waals surface area contributed by atoms with Crippen molar-refractivity contribution in [2.24, 2.45) is 0 Å². The number of hydrogen-bond acceptors (Lipinski definition) is 3. The summed E-state index contributed by atoms with van der Waals surface area (Å²) in [4.78, 5) is 22.9. The van der Waals surface area contributed by atoms with Crippen molar-refractivity contribution in [3.8, 4) is 11.3 Å². The molecular formula is C28H27ClN4O. The number of aromatic nitrogens is 2. The van der Waals surface area contributed by atoms with E-state index in [4.69, 9.17) is 16.6 Å². The molecule has 3 aliphatic heterocycles. The molecule has 2 aromatic carbocycles. The summed E-state index contributed by atoms with van der Waals surface area (Å²) in [6, 6.07) is 22.6. The molecule has 172 valence electrons. The van der Waals surface area contributed by atoms with Crippen LogP contribution in [0.3, 0.4) is 0 Å². The molecule has 3 aliphatic rings. The average molecular weight is 471 g/mol. The van der Waals surface area contributed by atoms with Crippen LogP contribution < -0.4 is 0 Å². The molecule has 4 aromatic rings. The van der Waals surface area contributed by atoms with E-state index in [1.54, 1.807) is 0 Å². The number of piperazine rings is 1. The van der Waals surface area contributed by atoms with Crippen molar-refractivity contribution in [1.82, 2.24) is 19.2 Å². The second-order valence-electron chi connectivity index (χ2n) is 9.48. The number of pyridine rings is 1. The molecular weight excluding hydrogens is 444 g/mol. The largest absolute Gasteiger partial charge is 0.333 e. The monoisotopic (exact) mass is 470 g/mol. The third-order valence-electron chi connectivity index (χ3n) is 7.27. The van der Waals surface area contributed by atoms with Crippen LogP contribution in [-0.4, -0.2) is 50.3 Å². The Hall–Kier alpha value is -3.15. The van der Waals surface area contributed by atoms with Crippen LogP contribution in [0.5, 0.6) is 0 Å². The van der Waals surface area contributed by atoms with Gasteiger partial charge in [0.1, 0.15) is 5.65 Å². The number of fused-ring (bicyclic) bond motifs is 4. The molecule has 3 fully saturated rings. The van der Waals surface area contributed by atoms with Gasteiger partial charge in [-0.3, -0.25) is 9.69 Å². The average Bonchev–Trinajstić information content (AvgIpc) is 3.23. The van der Waals surface area contributed by atoms with E-state index in [1.807, 2.05) is 67.6 Å². The molecule has 1 amide bonds. The van der Waals surface area contributed by atoms with E-state index in [9.17, 15) is 4.79 Å². The van der Waals surface area contributed by atoms with Gasteiger partial charge in [-0.1, -0.05) is 47.5 Å². The van der Waals surface area contributed by atoms with E-state index < -0.39 is 0 Å². The van der Waals surface area contributed by atoms with Gasteiger partial charge in [-0.15, -0.1) is 0 Å². The first-order valence-corrected chi connectivity index (χ1v) is 12.3. The maximum absolute atomic E-state index is 13.3. The van der Waals surface area contributed by atoms with Crippen LogP contribution in [0, 0.1) is 6.92 Å². The number of nitrogens with zero attached hydrogens (tertiary/aromatic N) is 4. The Balaban J connectivity index is 1.29. The summed E-state index contributed by atoms with van der Waals surface area (Å²) in [6.07, 6.45) is 4.28. The zero-order valence-electron chi connectivity index (χ0n) is 19.2. The summed E-state index contributed by atoms with van der Waals surface area (Å²) in [6.45, 7) is 4.51. The van der Waals surface area contributed by atoms with E-state index in [1.165, 1.54) is 5.69 Å². The lowest BCUT2D eigenvalue weighted by Gasteiger charge is -2.51. The summed E-state index contributed by atoms with van der Waals surface area (Å²) < 4.78 is 2.20. The number of piperidine rings is 2. The minimum absolute atomic E-state index is 0.162. The molecule has 2 atom stereocenters. The van der Waals surface area contributed by atoms with Crippen molar-refractivity contribution >= 4 is 23.2 Å². The highest BCUT2D eigenvalue weighted by atomic mass is 35.5. The smallest absolute Gasteiger partial charge is 0.254 e. The molecule has 0 saturated carbocycles. The zero-order chi connectivity index (χ0) is 23.2. The molecule has 0 aliphatic carbocycles. The van der Waals surface area contributed by atoms with Crippen LogP contribution in [0.4, 0.5) is 0 Å². The second kappa shape index (κ2) is 8.57. The van der Waals surface area contributed by atoms with E-state index in [-0.39, 0.29) is 11.9 Å². The molecule has 2 aromatic heterocycles. The Labute approximate surface area is 204 Å². The number of carbonyl (C=O) groups is 1. The molecule has 2 unspecified atom stereocenters. The number of imidazole rings is 1. The van der Waals surface area contributed by atoms with Crippen molar-refractivity contribution < 1.29 is 4.79 Å². The Kier molecular flexibility index (Phi) is 5.39. The van der Waals surface area contributed by atoms with Gasteiger partial charge in [0.05, 0.1) is 11.4 Å². The minimum Gasteiger partial charge on any atom is -0.333 e. The number of halogens is 1. The fourth-order valence-electron chi connectivity index (χ4n) is 5.53. The number of hydrogen-bond donors (Lipinski definition) is 0. The Morgan fingerprint density at radius 3 is 2.59 bits per heavy atom. The molecule has 5 heterocycles. The SMILES string of the molecule is Cc1cccc(C(=O)N2CC3CCC2CN3Cc2c(-c3ccc(Cl)cc3)nc3ccccn23)c1. The van der Waals surface area contributed by atoms with Gasteiger partial charge in [0.25, 0.3) is 5.91 Å². The van der Waals surface area contributed by atoms with Gasteiger partial charge in [-0.25, -0.2) is 4.98 Å². The molecule has 34 heavy (non-hydrogen) atoms. The molecule has 5 nitrogen and oxygen atoms in total. The summed E-state index contributed by atoms with van der Waals surface area (Å²) in [7, 11) is 0. The van der Waals surface area contributed by atoms with Gasteiger partial charge < -0.3 is 9.30 Å². The maximum Gasteiger partial charge on any atom is 0.254 e. The lowest BCUT2D eigenvalue weighted by molar-refractivity contribution is -0.0159. The van der Waals surface area contributed by atoms with Gasteiger partial charge in [0.2, 0.25) is 0 Å². The summed E-state index contributed by atoms with van der Waals surface area (Å²) >= 11 is 6.14. The van der Waals surface area contributed by atoms with Gasteiger partial charge >= 0.3 is 0 Å². The first kappa shape index (κ1) is 21.4. The molecule has 0 radical (unpaired) electrons. The third-order valence-corrected chi connectivity index (χ3v) is 7.52. The highest BCUT2D eigenvalue weighted by Gasteiger charge is 2.41. The minimum atomic E-state index is 0.162. The molecule has 3 saturated heterocycles. The Morgan fingerprint density at radius 1 is 1.00 bits per heavy atom. The first-order valence-electron chi connectivity index (χ1n) is 11.9. The fraction of sp³-hybridized carbons (Fsp3) is 0.286.